The van der Waals surface area contributed by atoms with Crippen molar-refractivity contribution < 1.29 is 0 Å². The maximum atomic E-state index is 2.45. The Morgan fingerprint density at radius 2 is 0.583 bits per heavy atom. The van der Waals surface area contributed by atoms with E-state index in [1.807, 2.05) is 22.7 Å². The molecule has 11 aromatic carbocycles. The largest absolute Gasteiger partial charge is 0.135 e. The van der Waals surface area contributed by atoms with Crippen LogP contribution in [-0.2, 0) is 0 Å². The Morgan fingerprint density at radius 3 is 1.08 bits per heavy atom. The monoisotopic (exact) mass is 794 g/mol. The van der Waals surface area contributed by atoms with E-state index in [4.69, 9.17) is 0 Å². The summed E-state index contributed by atoms with van der Waals surface area (Å²) in [6.45, 7) is 0. The molecule has 0 bridgehead atoms. The molecule has 0 N–H and O–H groups in total. The summed E-state index contributed by atoms with van der Waals surface area (Å²) < 4.78 is 5.31. The molecule has 13 aromatic rings. The highest BCUT2D eigenvalue weighted by Crippen LogP contribution is 2.51. The summed E-state index contributed by atoms with van der Waals surface area (Å²) in [5, 5.41) is 15.5. The summed E-state index contributed by atoms with van der Waals surface area (Å²) in [4.78, 5) is 0. The van der Waals surface area contributed by atoms with Crippen LogP contribution in [0.2, 0.25) is 0 Å². The highest BCUT2D eigenvalue weighted by atomic mass is 32.1. The first-order valence-corrected chi connectivity index (χ1v) is 22.2. The number of thiophene rings is 2. The van der Waals surface area contributed by atoms with Crippen LogP contribution in [0.25, 0.3) is 128 Å². The van der Waals surface area contributed by atoms with Crippen molar-refractivity contribution in [3.63, 3.8) is 0 Å². The Labute approximate surface area is 354 Å². The first-order valence-electron chi connectivity index (χ1n) is 20.6. The average molecular weight is 795 g/mol. The standard InChI is InChI=1S/C58H34S2/c1-2-16-35(17-3-1)53-39-19-4-6-21-41(39)54(42-22-7-5-20-40(42)53)36-32-33-38-48-28-15-30-50(58(48)60-52(38)34-36)56-45-25-10-8-23-43(45)55(44-24-9-11-26-46(44)56)49-29-14-27-47-37-18-12-13-31-51(37)59-57(47)49/h1-34H. The third kappa shape index (κ3) is 4.90. The zero-order valence-electron chi connectivity index (χ0n) is 32.4. The van der Waals surface area contributed by atoms with E-state index in [-0.39, 0.29) is 0 Å². The minimum Gasteiger partial charge on any atom is -0.135 e. The highest BCUT2D eigenvalue weighted by molar-refractivity contribution is 7.26. The highest BCUT2D eigenvalue weighted by Gasteiger charge is 2.22. The summed E-state index contributed by atoms with van der Waals surface area (Å²) in [6.07, 6.45) is 0. The van der Waals surface area contributed by atoms with E-state index in [1.54, 1.807) is 0 Å². The number of hydrogen-bond acceptors (Lipinski definition) is 2. The molecule has 0 saturated carbocycles. The minimum atomic E-state index is 1.24. The van der Waals surface area contributed by atoms with Gasteiger partial charge in [-0.25, -0.2) is 0 Å². The topological polar surface area (TPSA) is 0 Å². The molecule has 2 heteroatoms. The third-order valence-electron chi connectivity index (χ3n) is 12.7. The second-order valence-corrected chi connectivity index (χ2v) is 17.9. The first kappa shape index (κ1) is 33.8. The van der Waals surface area contributed by atoms with Gasteiger partial charge in [-0.2, -0.15) is 0 Å². The lowest BCUT2D eigenvalue weighted by Gasteiger charge is -2.18. The van der Waals surface area contributed by atoms with E-state index < -0.39 is 0 Å². The Bertz CT molecular complexity index is 3770. The molecule has 0 saturated heterocycles. The Morgan fingerprint density at radius 1 is 0.217 bits per heavy atom. The fraction of sp³-hybridized carbons (Fsp3) is 0. The maximum absolute atomic E-state index is 2.45. The fourth-order valence-electron chi connectivity index (χ4n) is 10.2. The predicted molar refractivity (Wildman–Crippen MR) is 264 cm³/mol. The molecule has 0 aliphatic rings. The maximum Gasteiger partial charge on any atom is 0.0434 e. The summed E-state index contributed by atoms with van der Waals surface area (Å²) in [5.74, 6) is 0. The fourth-order valence-corrected chi connectivity index (χ4v) is 12.6. The molecule has 278 valence electrons. The van der Waals surface area contributed by atoms with Gasteiger partial charge in [-0.15, -0.1) is 22.7 Å². The minimum absolute atomic E-state index is 1.24. The molecule has 0 fully saturated rings. The van der Waals surface area contributed by atoms with Crippen molar-refractivity contribution in [3.05, 3.63) is 206 Å². The van der Waals surface area contributed by atoms with E-state index in [2.05, 4.69) is 206 Å². The molecule has 0 amide bonds. The van der Waals surface area contributed by atoms with E-state index in [0.717, 1.165) is 0 Å². The first-order chi connectivity index (χ1) is 29.8. The molecule has 0 unspecified atom stereocenters. The van der Waals surface area contributed by atoms with Crippen LogP contribution < -0.4 is 0 Å². The van der Waals surface area contributed by atoms with Gasteiger partial charge in [0.15, 0.2) is 0 Å². The number of hydrogen-bond donors (Lipinski definition) is 0. The number of rotatable bonds is 4. The molecule has 0 nitrogen and oxygen atoms in total. The number of benzene rings is 11. The molecule has 2 aromatic heterocycles. The summed E-state index contributed by atoms with van der Waals surface area (Å²) in [7, 11) is 0. The molecule has 0 radical (unpaired) electrons. The van der Waals surface area contributed by atoms with Gasteiger partial charge in [-0.3, -0.25) is 0 Å². The van der Waals surface area contributed by atoms with Gasteiger partial charge < -0.3 is 0 Å². The van der Waals surface area contributed by atoms with Gasteiger partial charge >= 0.3 is 0 Å². The second-order valence-electron chi connectivity index (χ2n) is 15.8. The van der Waals surface area contributed by atoms with Crippen LogP contribution in [0.4, 0.5) is 0 Å². The van der Waals surface area contributed by atoms with Crippen LogP contribution in [0.5, 0.6) is 0 Å². The van der Waals surface area contributed by atoms with Crippen molar-refractivity contribution >= 4 is 106 Å². The van der Waals surface area contributed by atoms with Crippen molar-refractivity contribution in [3.8, 4) is 44.5 Å². The Balaban J connectivity index is 1.06. The molecular formula is C58H34S2. The number of fused-ring (bicyclic) bond motifs is 10. The van der Waals surface area contributed by atoms with Gasteiger partial charge in [0.05, 0.1) is 0 Å². The molecule has 13 rings (SSSR count). The molecule has 0 aliphatic carbocycles. The van der Waals surface area contributed by atoms with Gasteiger partial charge in [0.2, 0.25) is 0 Å². The van der Waals surface area contributed by atoms with Crippen LogP contribution in [0.1, 0.15) is 0 Å². The van der Waals surface area contributed by atoms with Crippen LogP contribution >= 0.6 is 22.7 Å². The molecule has 0 atom stereocenters. The smallest absolute Gasteiger partial charge is 0.0434 e. The summed E-state index contributed by atoms with van der Waals surface area (Å²) >= 11 is 3.83. The van der Waals surface area contributed by atoms with Gasteiger partial charge in [0, 0.05) is 51.5 Å². The Hall–Kier alpha value is -7.10. The van der Waals surface area contributed by atoms with Gasteiger partial charge in [-0.05, 0) is 88.6 Å². The van der Waals surface area contributed by atoms with Crippen LogP contribution in [0, 0.1) is 0 Å². The normalized spacial score (nSPS) is 12.0. The molecule has 2 heterocycles. The van der Waals surface area contributed by atoms with Gasteiger partial charge in [-0.1, -0.05) is 194 Å². The zero-order chi connectivity index (χ0) is 39.3. The lowest BCUT2D eigenvalue weighted by Crippen LogP contribution is -1.91. The second kappa shape index (κ2) is 13.2. The van der Waals surface area contributed by atoms with Crippen molar-refractivity contribution in [1.82, 2.24) is 0 Å². The molecule has 60 heavy (non-hydrogen) atoms. The average Bonchev–Trinajstić information content (AvgIpc) is 3.89. The SMILES string of the molecule is c1ccc(-c2c3ccccc3c(-c3ccc4c(c3)sc3c(-c5c6ccccc6c(-c6cccc7c6sc6ccccc67)c6ccccc56)cccc34)c3ccccc23)cc1. The molecular weight excluding hydrogens is 761 g/mol. The summed E-state index contributed by atoms with van der Waals surface area (Å²) in [6, 6.07) is 76.7. The lowest BCUT2D eigenvalue weighted by atomic mass is 9.85. The predicted octanol–water partition coefficient (Wildman–Crippen LogP) is 17.7. The van der Waals surface area contributed by atoms with Crippen molar-refractivity contribution in [1.29, 1.82) is 0 Å². The molecule has 0 spiro atoms. The van der Waals surface area contributed by atoms with Crippen molar-refractivity contribution in [2.75, 3.05) is 0 Å². The van der Waals surface area contributed by atoms with Crippen LogP contribution in [0.15, 0.2) is 206 Å². The summed E-state index contributed by atoms with van der Waals surface area (Å²) in [5.41, 5.74) is 10.3. The van der Waals surface area contributed by atoms with Crippen molar-refractivity contribution in [2.45, 2.75) is 0 Å². The lowest BCUT2D eigenvalue weighted by molar-refractivity contribution is 1.66. The van der Waals surface area contributed by atoms with Crippen LogP contribution in [-0.4, -0.2) is 0 Å². The molecule has 0 aliphatic heterocycles. The zero-order valence-corrected chi connectivity index (χ0v) is 34.1. The van der Waals surface area contributed by atoms with Crippen LogP contribution in [0.3, 0.4) is 0 Å². The van der Waals surface area contributed by atoms with E-state index in [9.17, 15) is 0 Å². The Kier molecular flexibility index (Phi) is 7.45. The van der Waals surface area contributed by atoms with Crippen molar-refractivity contribution in [2.24, 2.45) is 0 Å². The quantitative estimate of drug-likeness (QED) is 0.156. The van der Waals surface area contributed by atoms with Gasteiger partial charge in [0.25, 0.3) is 0 Å². The van der Waals surface area contributed by atoms with E-state index >= 15 is 0 Å². The van der Waals surface area contributed by atoms with Gasteiger partial charge in [0.1, 0.15) is 0 Å². The third-order valence-corrected chi connectivity index (χ3v) is 15.1. The van der Waals surface area contributed by atoms with E-state index in [1.165, 1.54) is 128 Å². The van der Waals surface area contributed by atoms with E-state index in [0.29, 0.717) is 0 Å².